The number of tetrazole rings is 1. The van der Waals surface area contributed by atoms with Crippen molar-refractivity contribution in [3.05, 3.63) is 70.4 Å². The number of aromatic nitrogens is 7. The molecule has 35 heavy (non-hydrogen) atoms. The van der Waals surface area contributed by atoms with Crippen LogP contribution in [0.1, 0.15) is 76.7 Å². The molecular weight excluding hydrogens is 438 g/mol. The lowest BCUT2D eigenvalue weighted by Gasteiger charge is -2.10. The van der Waals surface area contributed by atoms with Crippen molar-refractivity contribution in [1.29, 1.82) is 0 Å². The molecule has 2 aromatic carbocycles. The monoisotopic (exact) mass is 473 g/mol. The van der Waals surface area contributed by atoms with Gasteiger partial charge in [-0.05, 0) is 41.7 Å². The summed E-state index contributed by atoms with van der Waals surface area (Å²) >= 11 is 0. The zero-order chi connectivity index (χ0) is 24.6. The van der Waals surface area contributed by atoms with Crippen molar-refractivity contribution < 1.29 is 0 Å². The van der Waals surface area contributed by atoms with E-state index in [0.29, 0.717) is 12.4 Å². The molecule has 0 bridgehead atoms. The van der Waals surface area contributed by atoms with Gasteiger partial charge in [0, 0.05) is 12.0 Å². The van der Waals surface area contributed by atoms with Crippen LogP contribution in [0.15, 0.2) is 53.3 Å². The lowest BCUT2D eigenvalue weighted by atomic mass is 9.98. The number of aromatic amines is 1. The first-order valence-corrected chi connectivity index (χ1v) is 12.7. The molecule has 1 atom stereocenters. The predicted molar refractivity (Wildman–Crippen MR) is 138 cm³/mol. The van der Waals surface area contributed by atoms with E-state index in [1.165, 1.54) is 12.8 Å². The van der Waals surface area contributed by atoms with Crippen molar-refractivity contribution in [3.8, 4) is 22.5 Å². The molecular formula is C27H35N7O. The average Bonchev–Trinajstić information content (AvgIpc) is 3.52. The third-order valence-electron chi connectivity index (χ3n) is 6.46. The molecule has 0 saturated carbocycles. The summed E-state index contributed by atoms with van der Waals surface area (Å²) in [7, 11) is 0. The Morgan fingerprint density at radius 1 is 0.943 bits per heavy atom. The fourth-order valence-corrected chi connectivity index (χ4v) is 4.51. The maximum Gasteiger partial charge on any atom is 0.346 e. The summed E-state index contributed by atoms with van der Waals surface area (Å²) < 4.78 is 3.55. The van der Waals surface area contributed by atoms with Gasteiger partial charge in [-0.15, -0.1) is 10.2 Å². The van der Waals surface area contributed by atoms with Gasteiger partial charge in [0.15, 0.2) is 0 Å². The molecule has 0 aliphatic rings. The van der Waals surface area contributed by atoms with E-state index in [2.05, 4.69) is 71.7 Å². The van der Waals surface area contributed by atoms with Crippen molar-refractivity contribution in [1.82, 2.24) is 35.0 Å². The molecule has 8 heteroatoms. The average molecular weight is 474 g/mol. The number of rotatable bonds is 12. The fourth-order valence-electron chi connectivity index (χ4n) is 4.51. The highest BCUT2D eigenvalue weighted by Gasteiger charge is 2.17. The molecule has 0 saturated heterocycles. The molecule has 0 aliphatic carbocycles. The van der Waals surface area contributed by atoms with Gasteiger partial charge in [-0.1, -0.05) is 88.1 Å². The van der Waals surface area contributed by atoms with Crippen LogP contribution in [0.4, 0.5) is 0 Å². The van der Waals surface area contributed by atoms with Crippen LogP contribution in [-0.2, 0) is 13.0 Å². The lowest BCUT2D eigenvalue weighted by molar-refractivity contribution is 0.435. The Labute approximate surface area is 206 Å². The fraction of sp³-hybridized carbons (Fsp3) is 0.444. The van der Waals surface area contributed by atoms with Gasteiger partial charge >= 0.3 is 5.69 Å². The molecule has 1 unspecified atom stereocenters. The van der Waals surface area contributed by atoms with Gasteiger partial charge in [-0.3, -0.25) is 4.57 Å². The van der Waals surface area contributed by atoms with Crippen molar-refractivity contribution in [3.63, 3.8) is 0 Å². The van der Waals surface area contributed by atoms with Gasteiger partial charge in [0.2, 0.25) is 5.82 Å². The number of hydrogen-bond donors (Lipinski definition) is 1. The molecule has 1 N–H and O–H groups in total. The molecule has 4 aromatic rings. The SMILES string of the molecule is CCCCCCc1nn(C(C)CCC)c(=O)n1Cc1ccc(-c2ccccc2-c2nn[nH]n2)cc1. The summed E-state index contributed by atoms with van der Waals surface area (Å²) in [5, 5.41) is 19.3. The number of nitrogens with one attached hydrogen (secondary N) is 1. The number of unbranched alkanes of at least 4 members (excludes halogenated alkanes) is 3. The number of hydrogen-bond acceptors (Lipinski definition) is 5. The minimum Gasteiger partial charge on any atom is -0.274 e. The lowest BCUT2D eigenvalue weighted by Crippen LogP contribution is -2.28. The van der Waals surface area contributed by atoms with E-state index >= 15 is 0 Å². The first-order valence-electron chi connectivity index (χ1n) is 12.7. The maximum absolute atomic E-state index is 13.3. The smallest absolute Gasteiger partial charge is 0.274 e. The third kappa shape index (κ3) is 5.75. The highest BCUT2D eigenvalue weighted by atomic mass is 16.2. The van der Waals surface area contributed by atoms with Crippen LogP contribution in [0.25, 0.3) is 22.5 Å². The molecule has 4 rings (SSSR count). The quantitative estimate of drug-likeness (QED) is 0.277. The van der Waals surface area contributed by atoms with Crippen LogP contribution in [0.3, 0.4) is 0 Å². The van der Waals surface area contributed by atoms with Crippen LogP contribution in [-0.4, -0.2) is 35.0 Å². The van der Waals surface area contributed by atoms with Gasteiger partial charge in [-0.2, -0.15) is 10.3 Å². The molecule has 8 nitrogen and oxygen atoms in total. The highest BCUT2D eigenvalue weighted by Crippen LogP contribution is 2.29. The van der Waals surface area contributed by atoms with Gasteiger partial charge in [0.25, 0.3) is 0 Å². The number of benzene rings is 2. The Morgan fingerprint density at radius 2 is 1.71 bits per heavy atom. The molecule has 0 fully saturated rings. The summed E-state index contributed by atoms with van der Waals surface area (Å²) in [5.41, 5.74) is 4.09. The van der Waals surface area contributed by atoms with E-state index in [4.69, 9.17) is 5.10 Å². The minimum absolute atomic E-state index is 0.0111. The van der Waals surface area contributed by atoms with E-state index in [9.17, 15) is 4.79 Å². The van der Waals surface area contributed by atoms with Gasteiger partial charge in [0.05, 0.1) is 12.6 Å². The largest absolute Gasteiger partial charge is 0.346 e. The van der Waals surface area contributed by atoms with Gasteiger partial charge in [-0.25, -0.2) is 9.48 Å². The van der Waals surface area contributed by atoms with Gasteiger partial charge < -0.3 is 0 Å². The third-order valence-corrected chi connectivity index (χ3v) is 6.46. The molecule has 0 aliphatic heterocycles. The first-order chi connectivity index (χ1) is 17.1. The summed E-state index contributed by atoms with van der Waals surface area (Å²) in [4.78, 5) is 13.3. The minimum atomic E-state index is -0.0111. The summed E-state index contributed by atoms with van der Waals surface area (Å²) in [5.74, 6) is 1.46. The number of aryl methyl sites for hydroxylation is 1. The Kier molecular flexibility index (Phi) is 8.23. The van der Waals surface area contributed by atoms with E-state index in [1.54, 1.807) is 4.68 Å². The summed E-state index contributed by atoms with van der Waals surface area (Å²) in [6, 6.07) is 16.5. The number of nitrogens with zero attached hydrogens (tertiary/aromatic N) is 6. The zero-order valence-corrected chi connectivity index (χ0v) is 20.9. The normalized spacial score (nSPS) is 12.2. The Bertz CT molecular complexity index is 1260. The standard InChI is InChI=1S/C27H35N7O/c1-4-6-7-8-14-25-30-34(20(3)11-5-2)27(35)33(25)19-21-15-17-22(18-16-21)23-12-9-10-13-24(23)26-28-31-32-29-26/h9-10,12-13,15-18,20H,4-8,11,14,19H2,1-3H3,(H,28,29,31,32). The Balaban J connectivity index is 1.59. The summed E-state index contributed by atoms with van der Waals surface area (Å²) in [6.07, 6.45) is 7.42. The van der Waals surface area contributed by atoms with Gasteiger partial charge in [0.1, 0.15) is 5.82 Å². The van der Waals surface area contributed by atoms with E-state index in [0.717, 1.165) is 60.2 Å². The second kappa shape index (κ2) is 11.7. The van der Waals surface area contributed by atoms with Crippen LogP contribution in [0.5, 0.6) is 0 Å². The van der Waals surface area contributed by atoms with Crippen molar-refractivity contribution in [2.45, 2.75) is 78.3 Å². The molecule has 0 spiro atoms. The van der Waals surface area contributed by atoms with Crippen LogP contribution < -0.4 is 5.69 Å². The molecule has 2 heterocycles. The van der Waals surface area contributed by atoms with E-state index in [-0.39, 0.29) is 11.7 Å². The summed E-state index contributed by atoms with van der Waals surface area (Å²) in [6.45, 7) is 6.95. The Morgan fingerprint density at radius 3 is 2.40 bits per heavy atom. The maximum atomic E-state index is 13.3. The van der Waals surface area contributed by atoms with Crippen molar-refractivity contribution in [2.24, 2.45) is 0 Å². The number of H-pyrrole nitrogens is 1. The molecule has 0 radical (unpaired) electrons. The van der Waals surface area contributed by atoms with Crippen molar-refractivity contribution >= 4 is 0 Å². The molecule has 184 valence electrons. The zero-order valence-electron chi connectivity index (χ0n) is 20.9. The van der Waals surface area contributed by atoms with E-state index in [1.807, 2.05) is 22.8 Å². The topological polar surface area (TPSA) is 94.3 Å². The Hall–Kier alpha value is -3.55. The second-order valence-electron chi connectivity index (χ2n) is 9.16. The highest BCUT2D eigenvalue weighted by molar-refractivity contribution is 5.80. The van der Waals surface area contributed by atoms with Crippen LogP contribution in [0.2, 0.25) is 0 Å². The molecule has 2 aromatic heterocycles. The second-order valence-corrected chi connectivity index (χ2v) is 9.16. The first kappa shape index (κ1) is 24.6. The predicted octanol–water partition coefficient (Wildman–Crippen LogP) is 5.42. The van der Waals surface area contributed by atoms with Crippen molar-refractivity contribution in [2.75, 3.05) is 0 Å². The van der Waals surface area contributed by atoms with E-state index < -0.39 is 0 Å². The molecule has 0 amide bonds. The van der Waals surface area contributed by atoms with Crippen LogP contribution >= 0.6 is 0 Å². The van der Waals surface area contributed by atoms with Crippen LogP contribution in [0, 0.1) is 0 Å².